The maximum absolute atomic E-state index is 6.22. The zero-order valence-corrected chi connectivity index (χ0v) is 16.7. The Bertz CT molecular complexity index is 562. The van der Waals surface area contributed by atoms with Gasteiger partial charge in [0.25, 0.3) is 0 Å². The molecular weight excluding hydrogens is 299 g/mol. The molecule has 24 heavy (non-hydrogen) atoms. The van der Waals surface area contributed by atoms with Crippen LogP contribution in [-0.4, -0.2) is 24.9 Å². The third kappa shape index (κ3) is 4.15. The van der Waals surface area contributed by atoms with E-state index >= 15 is 0 Å². The summed E-state index contributed by atoms with van der Waals surface area (Å²) in [6.45, 7) is 17.7. The summed E-state index contributed by atoms with van der Waals surface area (Å²) in [7, 11) is -0.178. The van der Waals surface area contributed by atoms with E-state index in [0.717, 1.165) is 18.6 Å². The van der Waals surface area contributed by atoms with Crippen molar-refractivity contribution in [1.82, 2.24) is 0 Å². The van der Waals surface area contributed by atoms with Crippen molar-refractivity contribution < 1.29 is 14.0 Å². The van der Waals surface area contributed by atoms with E-state index in [1.807, 2.05) is 0 Å². The molecule has 0 bridgehead atoms. The van der Waals surface area contributed by atoms with E-state index in [2.05, 4.69) is 73.6 Å². The van der Waals surface area contributed by atoms with Crippen LogP contribution in [0.25, 0.3) is 0 Å². The number of ether oxygens (including phenoxy) is 1. The highest BCUT2D eigenvalue weighted by Crippen LogP contribution is 2.46. The molecule has 1 aromatic carbocycles. The maximum atomic E-state index is 6.22. The highest BCUT2D eigenvalue weighted by atomic mass is 16.7. The van der Waals surface area contributed by atoms with Crippen molar-refractivity contribution in [2.45, 2.75) is 84.7 Å². The van der Waals surface area contributed by atoms with Gasteiger partial charge in [0.05, 0.1) is 17.8 Å². The maximum Gasteiger partial charge on any atom is 0.463 e. The molecule has 0 unspecified atom stereocenters. The van der Waals surface area contributed by atoms with E-state index < -0.39 is 0 Å². The van der Waals surface area contributed by atoms with E-state index in [1.54, 1.807) is 0 Å². The lowest BCUT2D eigenvalue weighted by atomic mass is 9.57. The van der Waals surface area contributed by atoms with Crippen LogP contribution in [0.2, 0.25) is 5.31 Å². The summed E-state index contributed by atoms with van der Waals surface area (Å²) in [5.74, 6) is 0.989. The molecule has 1 heterocycles. The normalized spacial score (nSPS) is 19.6. The highest BCUT2D eigenvalue weighted by molar-refractivity contribution is 6.49. The van der Waals surface area contributed by atoms with Gasteiger partial charge in [-0.25, -0.2) is 0 Å². The topological polar surface area (TPSA) is 27.7 Å². The molecule has 0 amide bonds. The molecule has 0 radical (unpaired) electrons. The van der Waals surface area contributed by atoms with Crippen LogP contribution < -0.4 is 4.74 Å². The fraction of sp³-hybridized carbons (Fsp3) is 0.700. The Labute approximate surface area is 148 Å². The average Bonchev–Trinajstić information content (AvgIpc) is 2.68. The van der Waals surface area contributed by atoms with Crippen LogP contribution in [0.3, 0.4) is 0 Å². The predicted molar refractivity (Wildman–Crippen MR) is 101 cm³/mol. The lowest BCUT2D eigenvalue weighted by Crippen LogP contribution is -2.41. The Balaban J connectivity index is 1.86. The minimum absolute atomic E-state index is 0.0456. The van der Waals surface area contributed by atoms with Gasteiger partial charge in [-0.3, -0.25) is 0 Å². The Morgan fingerprint density at radius 1 is 1.04 bits per heavy atom. The average molecular weight is 332 g/mol. The standard InChI is InChI=1S/C20H33BO3/c1-15-10-11-16(2)17(14-15)22-13-9-12-18(3,4)21-23-19(5,6)20(7,8)24-21/h10-11,14H,9,12-13H2,1-8H3. The van der Waals surface area contributed by atoms with Gasteiger partial charge in [-0.1, -0.05) is 26.0 Å². The zero-order valence-electron chi connectivity index (χ0n) is 16.7. The Kier molecular flexibility index (Phi) is 5.41. The minimum atomic E-state index is -0.274. The first-order valence-electron chi connectivity index (χ1n) is 9.00. The lowest BCUT2D eigenvalue weighted by molar-refractivity contribution is 0.00578. The summed E-state index contributed by atoms with van der Waals surface area (Å²) in [5.41, 5.74) is 1.87. The van der Waals surface area contributed by atoms with E-state index in [4.69, 9.17) is 14.0 Å². The molecule has 1 aliphatic heterocycles. The molecule has 1 aliphatic rings. The molecule has 2 rings (SSSR count). The minimum Gasteiger partial charge on any atom is -0.493 e. The van der Waals surface area contributed by atoms with Gasteiger partial charge in [0.15, 0.2) is 0 Å². The molecule has 134 valence electrons. The lowest BCUT2D eigenvalue weighted by Gasteiger charge is -2.32. The molecule has 1 fully saturated rings. The van der Waals surface area contributed by atoms with Crippen molar-refractivity contribution in [2.75, 3.05) is 6.61 Å². The number of hydrogen-bond acceptors (Lipinski definition) is 3. The fourth-order valence-electron chi connectivity index (χ4n) is 2.85. The van der Waals surface area contributed by atoms with Gasteiger partial charge < -0.3 is 14.0 Å². The van der Waals surface area contributed by atoms with Gasteiger partial charge in [-0.2, -0.15) is 0 Å². The number of aryl methyl sites for hydroxylation is 2. The van der Waals surface area contributed by atoms with E-state index in [1.165, 1.54) is 11.1 Å². The van der Waals surface area contributed by atoms with Gasteiger partial charge in [0.2, 0.25) is 0 Å². The summed E-state index contributed by atoms with van der Waals surface area (Å²) >= 11 is 0. The second-order valence-corrected chi connectivity index (χ2v) is 8.80. The van der Waals surface area contributed by atoms with Gasteiger partial charge in [-0.15, -0.1) is 0 Å². The predicted octanol–water partition coefficient (Wildman–Crippen LogP) is 5.33. The Hall–Kier alpha value is -0.995. The first-order valence-corrected chi connectivity index (χ1v) is 9.00. The van der Waals surface area contributed by atoms with E-state index in [-0.39, 0.29) is 23.6 Å². The number of benzene rings is 1. The summed E-state index contributed by atoms with van der Waals surface area (Å²) < 4.78 is 18.4. The SMILES string of the molecule is Cc1ccc(C)c(OCCCC(C)(C)B2OC(C)(C)C(C)(C)O2)c1. The van der Waals surface area contributed by atoms with Crippen LogP contribution in [0.1, 0.15) is 65.5 Å². The molecule has 1 aromatic rings. The molecule has 1 saturated heterocycles. The number of rotatable bonds is 6. The second kappa shape index (κ2) is 6.72. The van der Waals surface area contributed by atoms with Crippen LogP contribution in [-0.2, 0) is 9.31 Å². The van der Waals surface area contributed by atoms with E-state index in [9.17, 15) is 0 Å². The fourth-order valence-corrected chi connectivity index (χ4v) is 2.85. The molecule has 0 N–H and O–H groups in total. The van der Waals surface area contributed by atoms with Gasteiger partial charge in [0.1, 0.15) is 5.75 Å². The highest BCUT2D eigenvalue weighted by Gasteiger charge is 2.56. The van der Waals surface area contributed by atoms with Crippen molar-refractivity contribution in [3.05, 3.63) is 29.3 Å². The van der Waals surface area contributed by atoms with Gasteiger partial charge >= 0.3 is 7.12 Å². The molecule has 0 aromatic heterocycles. The molecule has 4 heteroatoms. The van der Waals surface area contributed by atoms with Crippen molar-refractivity contribution in [3.8, 4) is 5.75 Å². The van der Waals surface area contributed by atoms with Crippen LogP contribution in [0.4, 0.5) is 0 Å². The smallest absolute Gasteiger partial charge is 0.463 e. The summed E-state index contributed by atoms with van der Waals surface area (Å²) in [4.78, 5) is 0. The molecule has 0 aliphatic carbocycles. The Morgan fingerprint density at radius 3 is 2.21 bits per heavy atom. The molecule has 0 spiro atoms. The summed E-state index contributed by atoms with van der Waals surface area (Å²) in [6.07, 6.45) is 1.97. The van der Waals surface area contributed by atoms with Crippen LogP contribution >= 0.6 is 0 Å². The van der Waals surface area contributed by atoms with Crippen molar-refractivity contribution in [1.29, 1.82) is 0 Å². The number of hydrogen-bond donors (Lipinski definition) is 0. The summed E-state index contributed by atoms with van der Waals surface area (Å²) in [6, 6.07) is 6.33. The molecule has 3 nitrogen and oxygen atoms in total. The quantitative estimate of drug-likeness (QED) is 0.520. The largest absolute Gasteiger partial charge is 0.493 e. The van der Waals surface area contributed by atoms with Crippen molar-refractivity contribution in [2.24, 2.45) is 0 Å². The zero-order chi connectivity index (χ0) is 18.2. The second-order valence-electron chi connectivity index (χ2n) is 8.80. The molecule has 0 atom stereocenters. The van der Waals surface area contributed by atoms with Crippen LogP contribution in [0.5, 0.6) is 5.75 Å². The first-order chi connectivity index (χ1) is 10.9. The third-order valence-electron chi connectivity index (χ3n) is 5.46. The first kappa shape index (κ1) is 19.3. The van der Waals surface area contributed by atoms with Crippen LogP contribution in [0, 0.1) is 13.8 Å². The molecular formula is C20H33BO3. The Morgan fingerprint density at radius 2 is 1.62 bits per heavy atom. The van der Waals surface area contributed by atoms with Crippen LogP contribution in [0.15, 0.2) is 18.2 Å². The summed E-state index contributed by atoms with van der Waals surface area (Å²) in [5, 5.41) is -0.0456. The van der Waals surface area contributed by atoms with Crippen molar-refractivity contribution >= 4 is 7.12 Å². The van der Waals surface area contributed by atoms with Gasteiger partial charge in [-0.05, 0) is 71.6 Å². The van der Waals surface area contributed by atoms with E-state index in [0.29, 0.717) is 6.61 Å². The monoisotopic (exact) mass is 332 g/mol. The van der Waals surface area contributed by atoms with Gasteiger partial charge in [0, 0.05) is 5.31 Å². The molecule has 0 saturated carbocycles. The van der Waals surface area contributed by atoms with Crippen molar-refractivity contribution in [3.63, 3.8) is 0 Å². The third-order valence-corrected chi connectivity index (χ3v) is 5.46.